The zero-order valence-corrected chi connectivity index (χ0v) is 16.0. The second-order valence-corrected chi connectivity index (χ2v) is 7.56. The second kappa shape index (κ2) is 9.32. The summed E-state index contributed by atoms with van der Waals surface area (Å²) in [5.41, 5.74) is 0.977. The summed E-state index contributed by atoms with van der Waals surface area (Å²) in [4.78, 5) is 36.1. The number of hydrogen-bond acceptors (Lipinski definition) is 5. The Balaban J connectivity index is 1.64. The standard InChI is InChI=1S/C19H30N4O4/c1-2-3-4-17-20-10-16(21-17)13-22-11-14(9-15(12-22)19(25)26)18(24)23-5-7-27-8-6-23/h10,14-15H,2-9,11-13H2,1H3,(H,20,21)(H,25,26)/t14-,15+/m1/s1. The van der Waals surface area contributed by atoms with Gasteiger partial charge in [0.15, 0.2) is 0 Å². The summed E-state index contributed by atoms with van der Waals surface area (Å²) >= 11 is 0. The maximum absolute atomic E-state index is 12.9. The van der Waals surface area contributed by atoms with Gasteiger partial charge in [0, 0.05) is 51.0 Å². The van der Waals surface area contributed by atoms with Gasteiger partial charge in [-0.3, -0.25) is 14.5 Å². The molecule has 0 bridgehead atoms. The van der Waals surface area contributed by atoms with E-state index in [0.717, 1.165) is 30.8 Å². The molecule has 0 unspecified atom stereocenters. The number of H-pyrrole nitrogens is 1. The van der Waals surface area contributed by atoms with Gasteiger partial charge in [0.05, 0.1) is 25.0 Å². The highest BCUT2D eigenvalue weighted by atomic mass is 16.5. The first-order valence-electron chi connectivity index (χ1n) is 9.91. The average Bonchev–Trinajstić information content (AvgIpc) is 3.13. The predicted octanol–water partition coefficient (Wildman–Crippen LogP) is 1.13. The van der Waals surface area contributed by atoms with Crippen molar-refractivity contribution in [3.63, 3.8) is 0 Å². The normalized spacial score (nSPS) is 24.1. The Morgan fingerprint density at radius 2 is 2.04 bits per heavy atom. The number of piperidine rings is 1. The lowest BCUT2D eigenvalue weighted by Gasteiger charge is -2.38. The molecule has 1 aromatic heterocycles. The molecule has 0 aromatic carbocycles. The number of nitrogens with one attached hydrogen (secondary N) is 1. The topological polar surface area (TPSA) is 98.8 Å². The Morgan fingerprint density at radius 3 is 2.74 bits per heavy atom. The quantitative estimate of drug-likeness (QED) is 0.738. The van der Waals surface area contributed by atoms with E-state index in [4.69, 9.17) is 4.74 Å². The third-order valence-corrected chi connectivity index (χ3v) is 5.39. The average molecular weight is 378 g/mol. The number of hydrogen-bond donors (Lipinski definition) is 2. The minimum Gasteiger partial charge on any atom is -0.481 e. The van der Waals surface area contributed by atoms with Gasteiger partial charge in [-0.25, -0.2) is 4.98 Å². The molecule has 150 valence electrons. The maximum atomic E-state index is 12.9. The number of amides is 1. The molecule has 2 aliphatic rings. The third-order valence-electron chi connectivity index (χ3n) is 5.39. The highest BCUT2D eigenvalue weighted by molar-refractivity contribution is 5.80. The molecule has 3 rings (SSSR count). The minimum atomic E-state index is -0.826. The lowest BCUT2D eigenvalue weighted by atomic mass is 9.88. The Morgan fingerprint density at radius 1 is 1.30 bits per heavy atom. The Labute approximate surface area is 159 Å². The van der Waals surface area contributed by atoms with Crippen molar-refractivity contribution in [2.45, 2.75) is 39.2 Å². The monoisotopic (exact) mass is 378 g/mol. The number of likely N-dealkylation sites (tertiary alicyclic amines) is 1. The van der Waals surface area contributed by atoms with Crippen LogP contribution in [-0.2, 0) is 27.3 Å². The molecule has 1 aromatic rings. The van der Waals surface area contributed by atoms with E-state index in [-0.39, 0.29) is 11.8 Å². The lowest BCUT2D eigenvalue weighted by molar-refractivity contribution is -0.149. The molecule has 1 amide bonds. The summed E-state index contributed by atoms with van der Waals surface area (Å²) in [5.74, 6) is -0.591. The number of carboxylic acid groups (broad SMARTS) is 1. The number of aromatic nitrogens is 2. The zero-order chi connectivity index (χ0) is 19.2. The van der Waals surface area contributed by atoms with Gasteiger partial charge in [0.2, 0.25) is 5.91 Å². The molecule has 2 N–H and O–H groups in total. The molecule has 3 heterocycles. The van der Waals surface area contributed by atoms with Crippen LogP contribution >= 0.6 is 0 Å². The van der Waals surface area contributed by atoms with Crippen molar-refractivity contribution in [3.8, 4) is 0 Å². The molecular formula is C19H30N4O4. The second-order valence-electron chi connectivity index (χ2n) is 7.56. The van der Waals surface area contributed by atoms with Crippen LogP contribution < -0.4 is 0 Å². The summed E-state index contributed by atoms with van der Waals surface area (Å²) in [6, 6.07) is 0. The SMILES string of the molecule is CCCCc1ncc(CN2C[C@@H](C(=O)O)C[C@@H](C(=O)N3CCOCC3)C2)[nH]1. The molecule has 2 saturated heterocycles. The molecule has 0 saturated carbocycles. The Kier molecular flexibility index (Phi) is 6.84. The largest absolute Gasteiger partial charge is 0.481 e. The number of nitrogens with zero attached hydrogens (tertiary/aromatic N) is 3. The fraction of sp³-hybridized carbons (Fsp3) is 0.737. The van der Waals surface area contributed by atoms with Crippen LogP contribution in [0.2, 0.25) is 0 Å². The van der Waals surface area contributed by atoms with E-state index in [1.807, 2.05) is 11.1 Å². The summed E-state index contributed by atoms with van der Waals surface area (Å²) < 4.78 is 5.32. The third kappa shape index (κ3) is 5.29. The van der Waals surface area contributed by atoms with Crippen LogP contribution in [0.1, 0.15) is 37.7 Å². The smallest absolute Gasteiger partial charge is 0.307 e. The Bertz CT molecular complexity index is 641. The van der Waals surface area contributed by atoms with Crippen LogP contribution in [0.25, 0.3) is 0 Å². The summed E-state index contributed by atoms with van der Waals surface area (Å²) in [5, 5.41) is 9.54. The van der Waals surface area contributed by atoms with Crippen LogP contribution in [-0.4, -0.2) is 76.1 Å². The summed E-state index contributed by atoms with van der Waals surface area (Å²) in [7, 11) is 0. The molecule has 2 aliphatic heterocycles. The van der Waals surface area contributed by atoms with Crippen molar-refractivity contribution in [1.82, 2.24) is 19.8 Å². The van der Waals surface area contributed by atoms with E-state index >= 15 is 0 Å². The van der Waals surface area contributed by atoms with Crippen LogP contribution in [0, 0.1) is 11.8 Å². The van der Waals surface area contributed by atoms with Crippen molar-refractivity contribution < 1.29 is 19.4 Å². The number of imidazole rings is 1. The van der Waals surface area contributed by atoms with Gasteiger partial charge in [-0.05, 0) is 12.8 Å². The van der Waals surface area contributed by atoms with Crippen LogP contribution in [0.4, 0.5) is 0 Å². The number of aryl methyl sites for hydroxylation is 1. The van der Waals surface area contributed by atoms with Crippen LogP contribution in [0.15, 0.2) is 6.20 Å². The first-order valence-corrected chi connectivity index (χ1v) is 9.91. The van der Waals surface area contributed by atoms with E-state index < -0.39 is 11.9 Å². The van der Waals surface area contributed by atoms with E-state index in [0.29, 0.717) is 52.4 Å². The molecule has 0 aliphatic carbocycles. The number of carbonyl (C=O) groups is 2. The number of aromatic amines is 1. The summed E-state index contributed by atoms with van der Waals surface area (Å²) in [6.07, 6.45) is 5.37. The van der Waals surface area contributed by atoms with Crippen molar-refractivity contribution in [3.05, 3.63) is 17.7 Å². The number of carbonyl (C=O) groups excluding carboxylic acids is 1. The molecule has 0 radical (unpaired) electrons. The fourth-order valence-corrected chi connectivity index (χ4v) is 3.92. The Hall–Kier alpha value is -1.93. The molecule has 0 spiro atoms. The molecule has 8 heteroatoms. The minimum absolute atomic E-state index is 0.0579. The number of unbranched alkanes of at least 4 members (excludes halogenated alkanes) is 1. The van der Waals surface area contributed by atoms with Crippen molar-refractivity contribution in [2.75, 3.05) is 39.4 Å². The number of morpholine rings is 1. The van der Waals surface area contributed by atoms with Crippen LogP contribution in [0.5, 0.6) is 0 Å². The van der Waals surface area contributed by atoms with Gasteiger partial charge in [-0.1, -0.05) is 13.3 Å². The van der Waals surface area contributed by atoms with E-state index in [9.17, 15) is 14.7 Å². The predicted molar refractivity (Wildman–Crippen MR) is 99.1 cm³/mol. The molecule has 2 fully saturated rings. The first-order chi connectivity index (χ1) is 13.1. The van der Waals surface area contributed by atoms with Gasteiger partial charge in [-0.2, -0.15) is 0 Å². The van der Waals surface area contributed by atoms with Gasteiger partial charge in [0.1, 0.15) is 5.82 Å². The van der Waals surface area contributed by atoms with E-state index in [2.05, 4.69) is 21.8 Å². The van der Waals surface area contributed by atoms with E-state index in [1.54, 1.807) is 0 Å². The summed E-state index contributed by atoms with van der Waals surface area (Å²) in [6.45, 7) is 6.08. The van der Waals surface area contributed by atoms with Gasteiger partial charge < -0.3 is 19.7 Å². The number of rotatable bonds is 7. The first kappa shape index (κ1) is 19.8. The number of aliphatic carboxylic acids is 1. The van der Waals surface area contributed by atoms with Crippen molar-refractivity contribution in [1.29, 1.82) is 0 Å². The van der Waals surface area contributed by atoms with Gasteiger partial charge >= 0.3 is 5.97 Å². The highest BCUT2D eigenvalue weighted by Gasteiger charge is 2.37. The maximum Gasteiger partial charge on any atom is 0.307 e. The van der Waals surface area contributed by atoms with Gasteiger partial charge in [0.25, 0.3) is 0 Å². The van der Waals surface area contributed by atoms with Crippen molar-refractivity contribution in [2.24, 2.45) is 11.8 Å². The molecule has 8 nitrogen and oxygen atoms in total. The fourth-order valence-electron chi connectivity index (χ4n) is 3.92. The zero-order valence-electron chi connectivity index (χ0n) is 16.0. The highest BCUT2D eigenvalue weighted by Crippen LogP contribution is 2.25. The van der Waals surface area contributed by atoms with Crippen LogP contribution in [0.3, 0.4) is 0 Å². The van der Waals surface area contributed by atoms with Gasteiger partial charge in [-0.15, -0.1) is 0 Å². The number of carboxylic acids is 1. The lowest BCUT2D eigenvalue weighted by Crippen LogP contribution is -2.51. The molecule has 27 heavy (non-hydrogen) atoms. The number of ether oxygens (including phenoxy) is 1. The molecule has 2 atom stereocenters. The van der Waals surface area contributed by atoms with Crippen molar-refractivity contribution >= 4 is 11.9 Å². The van der Waals surface area contributed by atoms with E-state index in [1.165, 1.54) is 0 Å². The molecular weight excluding hydrogens is 348 g/mol.